The molecule has 1 aromatic rings. The maximum Gasteiger partial charge on any atom is 0.239 e. The summed E-state index contributed by atoms with van der Waals surface area (Å²) in [4.78, 5) is 16.3. The maximum absolute atomic E-state index is 13.4. The number of guanidine groups is 1. The Morgan fingerprint density at radius 2 is 2.12 bits per heavy atom. The Labute approximate surface area is 146 Å². The molecular formula is C17H25FN4OS. The minimum absolute atomic E-state index is 0.0204. The van der Waals surface area contributed by atoms with E-state index >= 15 is 0 Å². The lowest BCUT2D eigenvalue weighted by Gasteiger charge is -2.12. The number of hydrogen-bond acceptors (Lipinski definition) is 3. The lowest BCUT2D eigenvalue weighted by molar-refractivity contribution is -0.120. The van der Waals surface area contributed by atoms with Crippen LogP contribution in [0.5, 0.6) is 0 Å². The molecule has 1 aliphatic rings. The van der Waals surface area contributed by atoms with Crippen molar-refractivity contribution in [1.29, 1.82) is 0 Å². The van der Waals surface area contributed by atoms with Crippen molar-refractivity contribution in [3.63, 3.8) is 0 Å². The summed E-state index contributed by atoms with van der Waals surface area (Å²) >= 11 is 1.65. The molecule has 5 nitrogen and oxygen atoms in total. The van der Waals surface area contributed by atoms with Crippen LogP contribution < -0.4 is 16.0 Å². The number of thioether (sulfide) groups is 1. The molecule has 0 spiro atoms. The minimum Gasteiger partial charge on any atom is -0.357 e. The van der Waals surface area contributed by atoms with E-state index in [-0.39, 0.29) is 18.3 Å². The molecule has 0 atom stereocenters. The normalized spacial score (nSPS) is 14.4. The van der Waals surface area contributed by atoms with E-state index in [9.17, 15) is 9.18 Å². The number of hydrogen-bond donors (Lipinski definition) is 3. The molecule has 2 rings (SSSR count). The number of carbonyl (C=O) groups is 1. The second-order valence-corrected chi connectivity index (χ2v) is 6.60. The van der Waals surface area contributed by atoms with E-state index in [1.807, 2.05) is 13.2 Å². The number of carbonyl (C=O) groups excluding carboxylic acids is 1. The quantitative estimate of drug-likeness (QED) is 0.495. The van der Waals surface area contributed by atoms with Crippen molar-refractivity contribution < 1.29 is 9.18 Å². The molecule has 7 heteroatoms. The van der Waals surface area contributed by atoms with Gasteiger partial charge in [-0.05, 0) is 49.3 Å². The Balaban J connectivity index is 1.95. The van der Waals surface area contributed by atoms with Crippen LogP contribution in [0.2, 0.25) is 0 Å². The first kappa shape index (κ1) is 18.6. The molecule has 0 aromatic heterocycles. The molecule has 1 aromatic carbocycles. The van der Waals surface area contributed by atoms with Gasteiger partial charge in [0, 0.05) is 18.3 Å². The predicted octanol–water partition coefficient (Wildman–Crippen LogP) is 2.02. The Morgan fingerprint density at radius 3 is 2.79 bits per heavy atom. The topological polar surface area (TPSA) is 65.5 Å². The third-order valence-corrected chi connectivity index (χ3v) is 4.18. The Hall–Kier alpha value is -1.76. The van der Waals surface area contributed by atoms with Gasteiger partial charge in [-0.2, -0.15) is 11.8 Å². The molecule has 3 N–H and O–H groups in total. The van der Waals surface area contributed by atoms with Gasteiger partial charge in [-0.15, -0.1) is 0 Å². The molecular weight excluding hydrogens is 327 g/mol. The van der Waals surface area contributed by atoms with Crippen LogP contribution in [-0.2, 0) is 17.1 Å². The van der Waals surface area contributed by atoms with Gasteiger partial charge in [-0.1, -0.05) is 6.07 Å². The molecule has 0 bridgehead atoms. The van der Waals surface area contributed by atoms with Crippen molar-refractivity contribution in [2.45, 2.75) is 38.1 Å². The summed E-state index contributed by atoms with van der Waals surface area (Å²) in [5.41, 5.74) is 1.94. The molecule has 0 radical (unpaired) electrons. The van der Waals surface area contributed by atoms with E-state index in [0.717, 1.165) is 29.7 Å². The zero-order chi connectivity index (χ0) is 17.4. The standard InChI is InChI=1S/C17H25FN4OS/c1-3-19-17(21-10-16(23)22-15-6-7-15)20-9-12-4-5-14(18)8-13(12)11-24-2/h4-5,8,15H,3,6-7,9-11H2,1-2H3,(H,22,23)(H2,19,20,21). The van der Waals surface area contributed by atoms with Crippen molar-refractivity contribution in [1.82, 2.24) is 16.0 Å². The SMILES string of the molecule is CCNC(=NCc1ccc(F)cc1CSC)NCC(=O)NC1CC1. The van der Waals surface area contributed by atoms with Crippen molar-refractivity contribution in [2.75, 3.05) is 19.3 Å². The van der Waals surface area contributed by atoms with Crippen LogP contribution in [0.25, 0.3) is 0 Å². The average molecular weight is 352 g/mol. The number of aliphatic imine (C=N–C) groups is 1. The van der Waals surface area contributed by atoms with Crippen molar-refractivity contribution >= 4 is 23.6 Å². The number of benzene rings is 1. The van der Waals surface area contributed by atoms with E-state index < -0.39 is 0 Å². The van der Waals surface area contributed by atoms with Gasteiger partial charge in [-0.25, -0.2) is 9.38 Å². The fourth-order valence-electron chi connectivity index (χ4n) is 2.21. The highest BCUT2D eigenvalue weighted by Crippen LogP contribution is 2.18. The Kier molecular flexibility index (Phi) is 7.36. The lowest BCUT2D eigenvalue weighted by Crippen LogP contribution is -2.43. The highest BCUT2D eigenvalue weighted by Gasteiger charge is 2.22. The summed E-state index contributed by atoms with van der Waals surface area (Å²) in [5, 5.41) is 9.08. The lowest BCUT2D eigenvalue weighted by atomic mass is 10.1. The summed E-state index contributed by atoms with van der Waals surface area (Å²) in [6.45, 7) is 3.31. The van der Waals surface area contributed by atoms with E-state index in [0.29, 0.717) is 25.1 Å². The largest absolute Gasteiger partial charge is 0.357 e. The first-order valence-electron chi connectivity index (χ1n) is 8.20. The van der Waals surface area contributed by atoms with E-state index in [4.69, 9.17) is 0 Å². The van der Waals surface area contributed by atoms with Gasteiger partial charge in [-0.3, -0.25) is 4.79 Å². The number of rotatable bonds is 8. The van der Waals surface area contributed by atoms with Gasteiger partial charge in [0.2, 0.25) is 5.91 Å². The van der Waals surface area contributed by atoms with Gasteiger partial charge < -0.3 is 16.0 Å². The maximum atomic E-state index is 13.4. The second kappa shape index (κ2) is 9.52. The monoisotopic (exact) mass is 352 g/mol. The first-order chi connectivity index (χ1) is 11.6. The summed E-state index contributed by atoms with van der Waals surface area (Å²) in [6.07, 6.45) is 4.13. The summed E-state index contributed by atoms with van der Waals surface area (Å²) in [7, 11) is 0. The number of halogens is 1. The van der Waals surface area contributed by atoms with Gasteiger partial charge in [0.05, 0.1) is 13.1 Å². The van der Waals surface area contributed by atoms with E-state index in [1.165, 1.54) is 6.07 Å². The first-order valence-corrected chi connectivity index (χ1v) is 9.59. The van der Waals surface area contributed by atoms with E-state index in [2.05, 4.69) is 20.9 Å². The van der Waals surface area contributed by atoms with Crippen LogP contribution in [0.3, 0.4) is 0 Å². The fourth-order valence-corrected chi connectivity index (χ4v) is 2.79. The third-order valence-electron chi connectivity index (χ3n) is 3.58. The van der Waals surface area contributed by atoms with Crippen LogP contribution in [0.4, 0.5) is 4.39 Å². The highest BCUT2D eigenvalue weighted by atomic mass is 32.2. The fraction of sp³-hybridized carbons (Fsp3) is 0.529. The Morgan fingerprint density at radius 1 is 1.33 bits per heavy atom. The van der Waals surface area contributed by atoms with E-state index in [1.54, 1.807) is 23.9 Å². The second-order valence-electron chi connectivity index (χ2n) is 5.74. The Bertz CT molecular complexity index is 590. The molecule has 1 fully saturated rings. The third kappa shape index (κ3) is 6.39. The zero-order valence-corrected chi connectivity index (χ0v) is 15.0. The summed E-state index contributed by atoms with van der Waals surface area (Å²) in [6, 6.07) is 5.14. The van der Waals surface area contributed by atoms with Crippen molar-refractivity contribution in [2.24, 2.45) is 4.99 Å². The summed E-state index contributed by atoms with van der Waals surface area (Å²) in [5.74, 6) is 1.08. The summed E-state index contributed by atoms with van der Waals surface area (Å²) < 4.78 is 13.4. The number of nitrogens with one attached hydrogen (secondary N) is 3. The van der Waals surface area contributed by atoms with Crippen LogP contribution in [0.1, 0.15) is 30.9 Å². The van der Waals surface area contributed by atoms with Crippen LogP contribution in [0, 0.1) is 5.82 Å². The van der Waals surface area contributed by atoms with Gasteiger partial charge in [0.1, 0.15) is 5.82 Å². The molecule has 1 saturated carbocycles. The van der Waals surface area contributed by atoms with Crippen LogP contribution in [-0.4, -0.2) is 37.3 Å². The predicted molar refractivity (Wildman–Crippen MR) is 97.6 cm³/mol. The smallest absolute Gasteiger partial charge is 0.239 e. The molecule has 1 amide bonds. The number of amides is 1. The molecule has 0 saturated heterocycles. The van der Waals surface area contributed by atoms with Gasteiger partial charge in [0.15, 0.2) is 5.96 Å². The molecule has 24 heavy (non-hydrogen) atoms. The molecule has 132 valence electrons. The minimum atomic E-state index is -0.228. The molecule has 1 aliphatic carbocycles. The highest BCUT2D eigenvalue weighted by molar-refractivity contribution is 7.97. The van der Waals surface area contributed by atoms with Crippen LogP contribution in [0.15, 0.2) is 23.2 Å². The molecule has 0 heterocycles. The van der Waals surface area contributed by atoms with Gasteiger partial charge in [0.25, 0.3) is 0 Å². The zero-order valence-electron chi connectivity index (χ0n) is 14.2. The number of nitrogens with zero attached hydrogens (tertiary/aromatic N) is 1. The van der Waals surface area contributed by atoms with Gasteiger partial charge >= 0.3 is 0 Å². The molecule has 0 aliphatic heterocycles. The average Bonchev–Trinajstić information content (AvgIpc) is 3.36. The molecule has 0 unspecified atom stereocenters. The van der Waals surface area contributed by atoms with Crippen LogP contribution >= 0.6 is 11.8 Å². The van der Waals surface area contributed by atoms with Crippen molar-refractivity contribution in [3.8, 4) is 0 Å². The van der Waals surface area contributed by atoms with Crippen molar-refractivity contribution in [3.05, 3.63) is 35.1 Å².